The Balaban J connectivity index is 2.50. The second-order valence-corrected chi connectivity index (χ2v) is 4.80. The molecule has 1 aromatic rings. The Labute approximate surface area is 102 Å². The number of rotatable bonds is 3. The van der Waals surface area contributed by atoms with Crippen molar-refractivity contribution in [2.45, 2.75) is 25.2 Å². The zero-order valence-corrected chi connectivity index (χ0v) is 10.5. The van der Waals surface area contributed by atoms with Crippen molar-refractivity contribution in [2.75, 3.05) is 20.3 Å². The Hall–Kier alpha value is -1.53. The molecule has 0 amide bonds. The fraction of sp³-hybridized carbons (Fsp3) is 0.500. The van der Waals surface area contributed by atoms with Crippen molar-refractivity contribution >= 4 is 0 Å². The van der Waals surface area contributed by atoms with Gasteiger partial charge in [-0.05, 0) is 17.5 Å². The normalized spacial score (nSPS) is 17.4. The van der Waals surface area contributed by atoms with Crippen molar-refractivity contribution in [3.8, 4) is 11.8 Å². The number of nitrogens with zero attached hydrogens (tertiary/aromatic N) is 1. The van der Waals surface area contributed by atoms with Gasteiger partial charge >= 0.3 is 0 Å². The van der Waals surface area contributed by atoms with Gasteiger partial charge in [0.2, 0.25) is 0 Å². The summed E-state index contributed by atoms with van der Waals surface area (Å²) in [5.41, 5.74) is 1.67. The zero-order chi connectivity index (χ0) is 12.5. The van der Waals surface area contributed by atoms with Gasteiger partial charge in [0.05, 0.1) is 26.4 Å². The van der Waals surface area contributed by atoms with E-state index in [0.717, 1.165) is 11.3 Å². The van der Waals surface area contributed by atoms with Gasteiger partial charge < -0.3 is 9.47 Å². The Bertz CT molecular complexity index is 456. The van der Waals surface area contributed by atoms with Gasteiger partial charge in [0.25, 0.3) is 0 Å². The number of hydrogen-bond donors (Lipinski definition) is 0. The standard InChI is InChI=1S/C14H17NO2/c1-10(2)11-4-5-13(16-3)12(6-11)14(7-15)8-17-9-14/h4-6,10H,8-9H2,1-3H3. The fourth-order valence-electron chi connectivity index (χ4n) is 2.05. The molecule has 0 bridgehead atoms. The average molecular weight is 231 g/mol. The van der Waals surface area contributed by atoms with E-state index in [-0.39, 0.29) is 0 Å². The maximum atomic E-state index is 9.35. The van der Waals surface area contributed by atoms with E-state index in [1.807, 2.05) is 6.07 Å². The number of benzene rings is 1. The van der Waals surface area contributed by atoms with Crippen molar-refractivity contribution in [1.82, 2.24) is 0 Å². The van der Waals surface area contributed by atoms with Crippen molar-refractivity contribution in [3.05, 3.63) is 29.3 Å². The first-order valence-electron chi connectivity index (χ1n) is 5.80. The van der Waals surface area contributed by atoms with Crippen molar-refractivity contribution in [2.24, 2.45) is 0 Å². The lowest BCUT2D eigenvalue weighted by atomic mass is 9.78. The molecule has 90 valence electrons. The van der Waals surface area contributed by atoms with Crippen LogP contribution in [0.3, 0.4) is 0 Å². The van der Waals surface area contributed by atoms with Gasteiger partial charge in [0.1, 0.15) is 11.2 Å². The summed E-state index contributed by atoms with van der Waals surface area (Å²) < 4.78 is 10.6. The van der Waals surface area contributed by atoms with Gasteiger partial charge in [-0.1, -0.05) is 26.0 Å². The third-order valence-corrected chi connectivity index (χ3v) is 3.32. The molecular weight excluding hydrogens is 214 g/mol. The maximum absolute atomic E-state index is 9.35. The minimum Gasteiger partial charge on any atom is -0.496 e. The van der Waals surface area contributed by atoms with Gasteiger partial charge in [0.15, 0.2) is 0 Å². The largest absolute Gasteiger partial charge is 0.496 e. The first-order valence-corrected chi connectivity index (χ1v) is 5.80. The third-order valence-electron chi connectivity index (χ3n) is 3.32. The summed E-state index contributed by atoms with van der Waals surface area (Å²) in [6.07, 6.45) is 0. The van der Waals surface area contributed by atoms with Crippen LogP contribution in [0, 0.1) is 11.3 Å². The first kappa shape index (κ1) is 11.9. The van der Waals surface area contributed by atoms with E-state index in [1.165, 1.54) is 5.56 Å². The predicted molar refractivity (Wildman–Crippen MR) is 65.2 cm³/mol. The lowest BCUT2D eigenvalue weighted by Gasteiger charge is -2.36. The van der Waals surface area contributed by atoms with E-state index < -0.39 is 5.41 Å². The molecule has 1 saturated heterocycles. The van der Waals surface area contributed by atoms with Gasteiger partial charge in [-0.2, -0.15) is 5.26 Å². The molecule has 0 aromatic heterocycles. The summed E-state index contributed by atoms with van der Waals surface area (Å²) in [6, 6.07) is 8.45. The van der Waals surface area contributed by atoms with Crippen LogP contribution in [0.1, 0.15) is 30.9 Å². The molecule has 1 aromatic carbocycles. The first-order chi connectivity index (χ1) is 8.13. The van der Waals surface area contributed by atoms with Crippen LogP contribution in [0.2, 0.25) is 0 Å². The summed E-state index contributed by atoms with van der Waals surface area (Å²) in [6.45, 7) is 5.20. The number of ether oxygens (including phenoxy) is 2. The van der Waals surface area contributed by atoms with E-state index in [9.17, 15) is 5.26 Å². The second kappa shape index (κ2) is 4.38. The van der Waals surface area contributed by atoms with Crippen LogP contribution in [-0.2, 0) is 10.2 Å². The molecule has 3 heteroatoms. The summed E-state index contributed by atoms with van der Waals surface area (Å²) >= 11 is 0. The van der Waals surface area contributed by atoms with Crippen LogP contribution < -0.4 is 4.74 Å². The molecule has 0 radical (unpaired) electrons. The molecule has 0 atom stereocenters. The summed E-state index contributed by atoms with van der Waals surface area (Å²) in [4.78, 5) is 0. The molecule has 1 fully saturated rings. The van der Waals surface area contributed by atoms with Crippen LogP contribution in [0.4, 0.5) is 0 Å². The lowest BCUT2D eigenvalue weighted by Crippen LogP contribution is -2.45. The molecule has 2 rings (SSSR count). The SMILES string of the molecule is COc1ccc(C(C)C)cc1C1(C#N)COC1. The van der Waals surface area contributed by atoms with E-state index in [1.54, 1.807) is 7.11 Å². The molecule has 0 N–H and O–H groups in total. The summed E-state index contributed by atoms with van der Waals surface area (Å²) in [7, 11) is 1.64. The zero-order valence-electron chi connectivity index (χ0n) is 10.5. The molecule has 0 unspecified atom stereocenters. The van der Waals surface area contributed by atoms with E-state index >= 15 is 0 Å². The highest BCUT2D eigenvalue weighted by Gasteiger charge is 2.43. The molecule has 1 aliphatic rings. The fourth-order valence-corrected chi connectivity index (χ4v) is 2.05. The van der Waals surface area contributed by atoms with Crippen molar-refractivity contribution in [1.29, 1.82) is 5.26 Å². The highest BCUT2D eigenvalue weighted by molar-refractivity contribution is 5.48. The Kier molecular flexibility index (Phi) is 3.08. The number of hydrogen-bond acceptors (Lipinski definition) is 3. The molecular formula is C14H17NO2. The molecule has 1 aliphatic heterocycles. The Morgan fingerprint density at radius 3 is 2.53 bits per heavy atom. The highest BCUT2D eigenvalue weighted by Crippen LogP contribution is 2.38. The molecule has 0 saturated carbocycles. The quantitative estimate of drug-likeness (QED) is 0.803. The van der Waals surface area contributed by atoms with E-state index in [2.05, 4.69) is 32.0 Å². The number of methoxy groups -OCH3 is 1. The molecule has 0 aliphatic carbocycles. The Morgan fingerprint density at radius 2 is 2.12 bits per heavy atom. The summed E-state index contributed by atoms with van der Waals surface area (Å²) in [5.74, 6) is 1.22. The smallest absolute Gasteiger partial charge is 0.132 e. The summed E-state index contributed by atoms with van der Waals surface area (Å²) in [5, 5.41) is 9.35. The minimum atomic E-state index is -0.518. The monoisotopic (exact) mass is 231 g/mol. The van der Waals surface area contributed by atoms with Crippen LogP contribution >= 0.6 is 0 Å². The highest BCUT2D eigenvalue weighted by atomic mass is 16.5. The van der Waals surface area contributed by atoms with Crippen LogP contribution in [0.25, 0.3) is 0 Å². The van der Waals surface area contributed by atoms with E-state index in [4.69, 9.17) is 9.47 Å². The van der Waals surface area contributed by atoms with Crippen LogP contribution in [0.15, 0.2) is 18.2 Å². The van der Waals surface area contributed by atoms with Crippen molar-refractivity contribution < 1.29 is 9.47 Å². The Morgan fingerprint density at radius 1 is 1.41 bits per heavy atom. The molecule has 1 heterocycles. The predicted octanol–water partition coefficient (Wildman–Crippen LogP) is 2.61. The van der Waals surface area contributed by atoms with Crippen LogP contribution in [0.5, 0.6) is 5.75 Å². The van der Waals surface area contributed by atoms with Gasteiger partial charge in [-0.15, -0.1) is 0 Å². The minimum absolute atomic E-state index is 0.441. The van der Waals surface area contributed by atoms with E-state index in [0.29, 0.717) is 19.1 Å². The van der Waals surface area contributed by atoms with Crippen molar-refractivity contribution in [3.63, 3.8) is 0 Å². The molecule has 0 spiro atoms. The number of nitriles is 1. The second-order valence-electron chi connectivity index (χ2n) is 4.80. The van der Waals surface area contributed by atoms with Gasteiger partial charge in [-0.3, -0.25) is 0 Å². The maximum Gasteiger partial charge on any atom is 0.132 e. The molecule has 17 heavy (non-hydrogen) atoms. The average Bonchev–Trinajstić information content (AvgIpc) is 2.28. The van der Waals surface area contributed by atoms with Crippen LogP contribution in [-0.4, -0.2) is 20.3 Å². The lowest BCUT2D eigenvalue weighted by molar-refractivity contribution is -0.0307. The topological polar surface area (TPSA) is 42.2 Å². The molecule has 3 nitrogen and oxygen atoms in total. The third kappa shape index (κ3) is 1.89. The van der Waals surface area contributed by atoms with Gasteiger partial charge in [0, 0.05) is 5.56 Å². The van der Waals surface area contributed by atoms with Gasteiger partial charge in [-0.25, -0.2) is 0 Å².